The highest BCUT2D eigenvalue weighted by Crippen LogP contribution is 2.31. The molecule has 0 saturated carbocycles. The van der Waals surface area contributed by atoms with E-state index in [9.17, 15) is 13.2 Å². The summed E-state index contributed by atoms with van der Waals surface area (Å²) in [7, 11) is 0. The molecule has 1 heterocycles. The minimum atomic E-state index is -4.13. The van der Waals surface area contributed by atoms with Crippen LogP contribution in [0.15, 0.2) is 36.7 Å². The molecule has 0 spiro atoms. The molecule has 1 aromatic carbocycles. The Hall–Kier alpha value is -1.62. The minimum absolute atomic E-state index is 0.0466. The van der Waals surface area contributed by atoms with Crippen molar-refractivity contribution in [2.24, 2.45) is 0 Å². The molecule has 1 aromatic heterocycles. The second kappa shape index (κ2) is 6.89. The van der Waals surface area contributed by atoms with Crippen LogP contribution in [0.1, 0.15) is 37.8 Å². The third kappa shape index (κ3) is 4.43. The molecular formula is C16H19F3N2. The van der Waals surface area contributed by atoms with Gasteiger partial charge in [-0.25, -0.2) is 0 Å². The fourth-order valence-corrected chi connectivity index (χ4v) is 2.45. The Morgan fingerprint density at radius 2 is 2.05 bits per heavy atom. The van der Waals surface area contributed by atoms with Gasteiger partial charge in [0.05, 0.1) is 0 Å². The first-order valence-corrected chi connectivity index (χ1v) is 7.14. The van der Waals surface area contributed by atoms with E-state index in [-0.39, 0.29) is 12.5 Å². The lowest BCUT2D eigenvalue weighted by Gasteiger charge is -2.21. The van der Waals surface area contributed by atoms with Gasteiger partial charge in [0.25, 0.3) is 0 Å². The Labute approximate surface area is 122 Å². The van der Waals surface area contributed by atoms with Gasteiger partial charge in [-0.2, -0.15) is 13.2 Å². The molecule has 0 aliphatic heterocycles. The predicted octanol–water partition coefficient (Wildman–Crippen LogP) is 4.62. The summed E-state index contributed by atoms with van der Waals surface area (Å²) in [5.41, 5.74) is 0.910. The van der Waals surface area contributed by atoms with Gasteiger partial charge >= 0.3 is 6.18 Å². The lowest BCUT2D eigenvalue weighted by molar-refractivity contribution is -0.136. The molecule has 21 heavy (non-hydrogen) atoms. The molecule has 0 aliphatic rings. The number of nitrogens with zero attached hydrogens (tertiary/aromatic N) is 1. The number of halogens is 3. The van der Waals surface area contributed by atoms with Crippen LogP contribution in [-0.2, 0) is 0 Å². The smallest absolute Gasteiger partial charge is 0.310 e. The Morgan fingerprint density at radius 1 is 1.24 bits per heavy atom. The highest BCUT2D eigenvalue weighted by molar-refractivity contribution is 5.85. The molecular weight excluding hydrogens is 277 g/mol. The van der Waals surface area contributed by atoms with Crippen LogP contribution in [0.5, 0.6) is 0 Å². The SMILES string of the molecule is CCCNC(CCC(F)(F)F)c1cccc2cnccc12. The lowest BCUT2D eigenvalue weighted by Crippen LogP contribution is -2.24. The third-order valence-electron chi connectivity index (χ3n) is 3.45. The molecule has 0 aliphatic carbocycles. The van der Waals surface area contributed by atoms with Crippen LogP contribution in [0.3, 0.4) is 0 Å². The zero-order valence-corrected chi connectivity index (χ0v) is 12.0. The molecule has 1 atom stereocenters. The molecule has 2 aromatic rings. The maximum atomic E-state index is 12.5. The summed E-state index contributed by atoms with van der Waals surface area (Å²) in [5.74, 6) is 0. The molecule has 0 fully saturated rings. The van der Waals surface area contributed by atoms with Gasteiger partial charge in [0.15, 0.2) is 0 Å². The van der Waals surface area contributed by atoms with E-state index in [0.717, 1.165) is 22.8 Å². The van der Waals surface area contributed by atoms with E-state index in [2.05, 4.69) is 10.3 Å². The van der Waals surface area contributed by atoms with Gasteiger partial charge in [0, 0.05) is 30.2 Å². The monoisotopic (exact) mass is 296 g/mol. The predicted molar refractivity (Wildman–Crippen MR) is 78.1 cm³/mol. The highest BCUT2D eigenvalue weighted by Gasteiger charge is 2.29. The summed E-state index contributed by atoms with van der Waals surface area (Å²) in [6.45, 7) is 2.70. The van der Waals surface area contributed by atoms with Crippen LogP contribution in [0.25, 0.3) is 10.8 Å². The summed E-state index contributed by atoms with van der Waals surface area (Å²) in [6, 6.07) is 7.25. The number of pyridine rings is 1. The molecule has 114 valence electrons. The Bertz CT molecular complexity index is 576. The van der Waals surface area contributed by atoms with Crippen LogP contribution in [-0.4, -0.2) is 17.7 Å². The Balaban J connectivity index is 2.29. The van der Waals surface area contributed by atoms with Gasteiger partial charge in [0.1, 0.15) is 0 Å². The minimum Gasteiger partial charge on any atom is -0.310 e. The molecule has 0 radical (unpaired) electrons. The first-order chi connectivity index (χ1) is 10.0. The average Bonchev–Trinajstić information content (AvgIpc) is 2.46. The second-order valence-corrected chi connectivity index (χ2v) is 5.10. The number of benzene rings is 1. The molecule has 1 unspecified atom stereocenters. The zero-order valence-electron chi connectivity index (χ0n) is 12.0. The number of nitrogens with one attached hydrogen (secondary N) is 1. The van der Waals surface area contributed by atoms with Crippen molar-refractivity contribution in [2.45, 2.75) is 38.4 Å². The molecule has 1 N–H and O–H groups in total. The molecule has 0 bridgehead atoms. The highest BCUT2D eigenvalue weighted by atomic mass is 19.4. The fraction of sp³-hybridized carbons (Fsp3) is 0.438. The standard InChI is InChI=1S/C16H19F3N2/c1-2-9-21-15(6-8-16(17,18)19)14-5-3-4-12-11-20-10-7-13(12)14/h3-5,7,10-11,15,21H,2,6,8-9H2,1H3. The quantitative estimate of drug-likeness (QED) is 0.841. The Kier molecular flexibility index (Phi) is 5.17. The summed E-state index contributed by atoms with van der Waals surface area (Å²) in [4.78, 5) is 4.06. The normalized spacial score (nSPS) is 13.5. The third-order valence-corrected chi connectivity index (χ3v) is 3.45. The first-order valence-electron chi connectivity index (χ1n) is 7.14. The summed E-state index contributed by atoms with van der Waals surface area (Å²) in [6.07, 6.45) is -0.570. The van der Waals surface area contributed by atoms with Crippen molar-refractivity contribution in [3.05, 3.63) is 42.2 Å². The van der Waals surface area contributed by atoms with Crippen LogP contribution < -0.4 is 5.32 Å². The number of hydrogen-bond acceptors (Lipinski definition) is 2. The average molecular weight is 296 g/mol. The fourth-order valence-electron chi connectivity index (χ4n) is 2.45. The van der Waals surface area contributed by atoms with Gasteiger partial charge in [-0.05, 0) is 36.4 Å². The largest absolute Gasteiger partial charge is 0.389 e. The van der Waals surface area contributed by atoms with E-state index in [1.807, 2.05) is 31.2 Å². The van der Waals surface area contributed by atoms with Crippen molar-refractivity contribution in [1.82, 2.24) is 10.3 Å². The zero-order chi connectivity index (χ0) is 15.3. The maximum Gasteiger partial charge on any atom is 0.389 e. The van der Waals surface area contributed by atoms with Crippen LogP contribution >= 0.6 is 0 Å². The van der Waals surface area contributed by atoms with Gasteiger partial charge < -0.3 is 5.32 Å². The van der Waals surface area contributed by atoms with Crippen LogP contribution in [0.2, 0.25) is 0 Å². The van der Waals surface area contributed by atoms with E-state index in [4.69, 9.17) is 0 Å². The Morgan fingerprint density at radius 3 is 2.76 bits per heavy atom. The molecule has 2 rings (SSSR count). The topological polar surface area (TPSA) is 24.9 Å². The van der Waals surface area contributed by atoms with Gasteiger partial charge in [-0.15, -0.1) is 0 Å². The van der Waals surface area contributed by atoms with E-state index >= 15 is 0 Å². The van der Waals surface area contributed by atoms with Crippen molar-refractivity contribution < 1.29 is 13.2 Å². The number of alkyl halides is 3. The van der Waals surface area contributed by atoms with Gasteiger partial charge in [0.2, 0.25) is 0 Å². The van der Waals surface area contributed by atoms with E-state index in [1.54, 1.807) is 12.4 Å². The van der Waals surface area contributed by atoms with E-state index < -0.39 is 12.6 Å². The number of aromatic nitrogens is 1. The number of hydrogen-bond donors (Lipinski definition) is 1. The maximum absolute atomic E-state index is 12.5. The summed E-state index contributed by atoms with van der Waals surface area (Å²) in [5, 5.41) is 5.14. The van der Waals surface area contributed by atoms with Gasteiger partial charge in [-0.1, -0.05) is 25.1 Å². The lowest BCUT2D eigenvalue weighted by atomic mass is 9.96. The van der Waals surface area contributed by atoms with E-state index in [1.165, 1.54) is 0 Å². The first kappa shape index (κ1) is 15.8. The summed E-state index contributed by atoms with van der Waals surface area (Å²) >= 11 is 0. The molecule has 0 saturated heterocycles. The van der Waals surface area contributed by atoms with Crippen LogP contribution in [0, 0.1) is 0 Å². The second-order valence-electron chi connectivity index (χ2n) is 5.10. The molecule has 2 nitrogen and oxygen atoms in total. The van der Waals surface area contributed by atoms with Gasteiger partial charge in [-0.3, -0.25) is 4.98 Å². The van der Waals surface area contributed by atoms with Crippen LogP contribution in [0.4, 0.5) is 13.2 Å². The van der Waals surface area contributed by atoms with Crippen molar-refractivity contribution in [3.8, 4) is 0 Å². The van der Waals surface area contributed by atoms with Crippen molar-refractivity contribution >= 4 is 10.8 Å². The summed E-state index contributed by atoms with van der Waals surface area (Å²) < 4.78 is 37.6. The van der Waals surface area contributed by atoms with Crippen molar-refractivity contribution in [2.75, 3.05) is 6.54 Å². The number of fused-ring (bicyclic) bond motifs is 1. The van der Waals surface area contributed by atoms with E-state index in [0.29, 0.717) is 6.54 Å². The number of rotatable bonds is 6. The van der Waals surface area contributed by atoms with Crippen molar-refractivity contribution in [3.63, 3.8) is 0 Å². The molecule has 0 amide bonds. The van der Waals surface area contributed by atoms with Crippen molar-refractivity contribution in [1.29, 1.82) is 0 Å². The molecule has 5 heteroatoms.